The summed E-state index contributed by atoms with van der Waals surface area (Å²) in [4.78, 5) is 23.1. The normalized spacial score (nSPS) is 10.4. The molecular weight excluding hydrogens is 362 g/mol. The van der Waals surface area contributed by atoms with Gasteiger partial charge in [0.1, 0.15) is 17.8 Å². The molecule has 1 aromatic heterocycles. The third kappa shape index (κ3) is 5.54. The SMILES string of the molecule is CCN(CC)c1ccc(Nc2cc(C(=O)NCc3cccc(C)c3)ncn2)cc1. The number of carbonyl (C=O) groups excluding carboxylic acids is 1. The van der Waals surface area contributed by atoms with Crippen LogP contribution in [-0.4, -0.2) is 29.0 Å². The van der Waals surface area contributed by atoms with E-state index in [1.54, 1.807) is 6.07 Å². The van der Waals surface area contributed by atoms with Crippen molar-refractivity contribution in [3.05, 3.63) is 77.7 Å². The minimum atomic E-state index is -0.228. The Morgan fingerprint density at radius 2 is 1.76 bits per heavy atom. The van der Waals surface area contributed by atoms with E-state index in [1.165, 1.54) is 12.0 Å². The molecule has 0 radical (unpaired) electrons. The van der Waals surface area contributed by atoms with Crippen LogP contribution in [0.4, 0.5) is 17.2 Å². The van der Waals surface area contributed by atoms with Crippen molar-refractivity contribution in [3.63, 3.8) is 0 Å². The molecular formula is C23H27N5O. The van der Waals surface area contributed by atoms with Crippen LogP contribution in [0.2, 0.25) is 0 Å². The van der Waals surface area contributed by atoms with Gasteiger partial charge in [-0.2, -0.15) is 0 Å². The molecule has 0 unspecified atom stereocenters. The summed E-state index contributed by atoms with van der Waals surface area (Å²) in [7, 11) is 0. The molecule has 0 spiro atoms. The molecule has 3 rings (SSSR count). The molecule has 1 amide bonds. The first kappa shape index (κ1) is 20.3. The van der Waals surface area contributed by atoms with Gasteiger partial charge in [-0.25, -0.2) is 9.97 Å². The standard InChI is InChI=1S/C23H27N5O/c1-4-28(5-2)20-11-9-19(10-12-20)27-22-14-21(25-16-26-22)23(29)24-15-18-8-6-7-17(3)13-18/h6-14,16H,4-5,15H2,1-3H3,(H,24,29)(H,25,26,27). The minimum absolute atomic E-state index is 0.228. The van der Waals surface area contributed by atoms with Crippen LogP contribution in [0.3, 0.4) is 0 Å². The van der Waals surface area contributed by atoms with Gasteiger partial charge in [-0.15, -0.1) is 0 Å². The van der Waals surface area contributed by atoms with Crippen LogP contribution in [-0.2, 0) is 6.54 Å². The Balaban J connectivity index is 1.63. The number of rotatable bonds is 8. The van der Waals surface area contributed by atoms with Crippen molar-refractivity contribution in [1.82, 2.24) is 15.3 Å². The van der Waals surface area contributed by atoms with Gasteiger partial charge in [0.25, 0.3) is 5.91 Å². The van der Waals surface area contributed by atoms with Crippen molar-refractivity contribution in [2.24, 2.45) is 0 Å². The van der Waals surface area contributed by atoms with E-state index in [-0.39, 0.29) is 5.91 Å². The zero-order valence-electron chi connectivity index (χ0n) is 17.1. The average molecular weight is 390 g/mol. The molecule has 3 aromatic rings. The second kappa shape index (κ2) is 9.68. The van der Waals surface area contributed by atoms with Gasteiger partial charge in [-0.05, 0) is 50.6 Å². The van der Waals surface area contributed by atoms with Gasteiger partial charge in [-0.3, -0.25) is 4.79 Å². The van der Waals surface area contributed by atoms with E-state index in [2.05, 4.69) is 57.5 Å². The Kier molecular flexibility index (Phi) is 6.79. The number of carbonyl (C=O) groups is 1. The predicted molar refractivity (Wildman–Crippen MR) is 118 cm³/mol. The Morgan fingerprint density at radius 3 is 2.45 bits per heavy atom. The first-order valence-corrected chi connectivity index (χ1v) is 9.87. The average Bonchev–Trinajstić information content (AvgIpc) is 2.74. The van der Waals surface area contributed by atoms with Gasteiger partial charge < -0.3 is 15.5 Å². The number of nitrogens with one attached hydrogen (secondary N) is 2. The van der Waals surface area contributed by atoms with Crippen molar-refractivity contribution >= 4 is 23.1 Å². The fraction of sp³-hybridized carbons (Fsp3) is 0.261. The van der Waals surface area contributed by atoms with Crippen LogP contribution < -0.4 is 15.5 Å². The van der Waals surface area contributed by atoms with Crippen LogP contribution in [0.1, 0.15) is 35.5 Å². The maximum atomic E-state index is 12.5. The summed E-state index contributed by atoms with van der Waals surface area (Å²) in [5.41, 5.74) is 4.64. The minimum Gasteiger partial charge on any atom is -0.372 e. The van der Waals surface area contributed by atoms with E-state index in [9.17, 15) is 4.79 Å². The number of aryl methyl sites for hydroxylation is 1. The molecule has 0 saturated heterocycles. The number of hydrogen-bond acceptors (Lipinski definition) is 5. The Labute approximate surface area is 172 Å². The molecule has 6 heteroatoms. The number of benzene rings is 2. The molecule has 0 bridgehead atoms. The molecule has 1 heterocycles. The Bertz CT molecular complexity index is 951. The second-order valence-corrected chi connectivity index (χ2v) is 6.80. The first-order chi connectivity index (χ1) is 14.1. The zero-order valence-corrected chi connectivity index (χ0v) is 17.1. The van der Waals surface area contributed by atoms with Gasteiger partial charge in [0, 0.05) is 37.1 Å². The number of amides is 1. The van der Waals surface area contributed by atoms with Crippen molar-refractivity contribution in [2.45, 2.75) is 27.3 Å². The summed E-state index contributed by atoms with van der Waals surface area (Å²) >= 11 is 0. The molecule has 0 aliphatic rings. The van der Waals surface area contributed by atoms with Crippen LogP contribution in [0.25, 0.3) is 0 Å². The highest BCUT2D eigenvalue weighted by Gasteiger charge is 2.09. The highest BCUT2D eigenvalue weighted by atomic mass is 16.1. The van der Waals surface area contributed by atoms with Gasteiger partial charge in [-0.1, -0.05) is 29.8 Å². The first-order valence-electron chi connectivity index (χ1n) is 9.87. The Morgan fingerprint density at radius 1 is 1.00 bits per heavy atom. The van der Waals surface area contributed by atoms with Gasteiger partial charge >= 0.3 is 0 Å². The van der Waals surface area contributed by atoms with Gasteiger partial charge in [0.15, 0.2) is 0 Å². The van der Waals surface area contributed by atoms with E-state index in [0.717, 1.165) is 29.9 Å². The summed E-state index contributed by atoms with van der Waals surface area (Å²) in [6, 6.07) is 17.9. The smallest absolute Gasteiger partial charge is 0.270 e. The fourth-order valence-corrected chi connectivity index (χ4v) is 3.14. The van der Waals surface area contributed by atoms with Crippen molar-refractivity contribution < 1.29 is 4.79 Å². The van der Waals surface area contributed by atoms with E-state index in [0.29, 0.717) is 18.1 Å². The molecule has 2 aromatic carbocycles. The largest absolute Gasteiger partial charge is 0.372 e. The number of anilines is 3. The summed E-state index contributed by atoms with van der Waals surface area (Å²) < 4.78 is 0. The monoisotopic (exact) mass is 389 g/mol. The third-order valence-corrected chi connectivity index (χ3v) is 4.70. The van der Waals surface area contributed by atoms with Gasteiger partial charge in [0.2, 0.25) is 0 Å². The summed E-state index contributed by atoms with van der Waals surface area (Å²) in [5.74, 6) is 0.352. The fourth-order valence-electron chi connectivity index (χ4n) is 3.14. The topological polar surface area (TPSA) is 70.2 Å². The van der Waals surface area contributed by atoms with Gasteiger partial charge in [0.05, 0.1) is 0 Å². The van der Waals surface area contributed by atoms with Crippen LogP contribution in [0.5, 0.6) is 0 Å². The molecule has 0 fully saturated rings. The molecule has 0 aliphatic carbocycles. The van der Waals surface area contributed by atoms with E-state index >= 15 is 0 Å². The van der Waals surface area contributed by atoms with E-state index in [4.69, 9.17) is 0 Å². The van der Waals surface area contributed by atoms with Crippen LogP contribution in [0.15, 0.2) is 60.9 Å². The third-order valence-electron chi connectivity index (χ3n) is 4.70. The molecule has 29 heavy (non-hydrogen) atoms. The molecule has 0 saturated carbocycles. The quantitative estimate of drug-likeness (QED) is 0.601. The van der Waals surface area contributed by atoms with Crippen LogP contribution in [0, 0.1) is 6.92 Å². The molecule has 2 N–H and O–H groups in total. The van der Waals surface area contributed by atoms with Crippen molar-refractivity contribution in [2.75, 3.05) is 23.3 Å². The maximum absolute atomic E-state index is 12.5. The van der Waals surface area contributed by atoms with Crippen molar-refractivity contribution in [1.29, 1.82) is 0 Å². The van der Waals surface area contributed by atoms with Crippen LogP contribution >= 0.6 is 0 Å². The predicted octanol–water partition coefficient (Wildman–Crippen LogP) is 4.30. The Hall–Kier alpha value is -3.41. The number of nitrogens with zero attached hydrogens (tertiary/aromatic N) is 3. The summed E-state index contributed by atoms with van der Waals surface area (Å²) in [6.45, 7) is 8.71. The summed E-state index contributed by atoms with van der Waals surface area (Å²) in [6.07, 6.45) is 1.40. The van der Waals surface area contributed by atoms with E-state index in [1.807, 2.05) is 37.3 Å². The lowest BCUT2D eigenvalue weighted by Crippen LogP contribution is -2.24. The maximum Gasteiger partial charge on any atom is 0.270 e. The van der Waals surface area contributed by atoms with Crippen molar-refractivity contribution in [3.8, 4) is 0 Å². The molecule has 0 atom stereocenters. The molecule has 6 nitrogen and oxygen atoms in total. The molecule has 150 valence electrons. The zero-order chi connectivity index (χ0) is 20.6. The second-order valence-electron chi connectivity index (χ2n) is 6.80. The highest BCUT2D eigenvalue weighted by Crippen LogP contribution is 2.20. The lowest BCUT2D eigenvalue weighted by atomic mass is 10.1. The highest BCUT2D eigenvalue weighted by molar-refractivity contribution is 5.92. The lowest BCUT2D eigenvalue weighted by molar-refractivity contribution is 0.0946. The lowest BCUT2D eigenvalue weighted by Gasteiger charge is -2.21. The number of hydrogen-bond donors (Lipinski definition) is 2. The molecule has 0 aliphatic heterocycles. The summed E-state index contributed by atoms with van der Waals surface area (Å²) in [5, 5.41) is 6.14. The number of aromatic nitrogens is 2. The van der Waals surface area contributed by atoms with E-state index < -0.39 is 0 Å².